The second kappa shape index (κ2) is 8.00. The van der Waals surface area contributed by atoms with Gasteiger partial charge in [-0.25, -0.2) is 0 Å². The minimum atomic E-state index is -0.476. The Bertz CT molecular complexity index is 490. The average Bonchev–Trinajstić information content (AvgIpc) is 2.42. The molecule has 0 saturated heterocycles. The topological polar surface area (TPSA) is 98.2 Å². The fourth-order valence-corrected chi connectivity index (χ4v) is 2.66. The van der Waals surface area contributed by atoms with E-state index in [1.807, 2.05) is 0 Å². The molecule has 1 aromatic carbocycles. The predicted octanol–water partition coefficient (Wildman–Crippen LogP) is 2.05. The van der Waals surface area contributed by atoms with Crippen LogP contribution in [0.25, 0.3) is 0 Å². The third kappa shape index (κ3) is 5.02. The van der Waals surface area contributed by atoms with Gasteiger partial charge in [-0.3, -0.25) is 9.59 Å². The summed E-state index contributed by atoms with van der Waals surface area (Å²) in [5.41, 5.74) is 12.3. The molecule has 1 fully saturated rings. The Morgan fingerprint density at radius 3 is 2.33 bits per heavy atom. The first-order valence-corrected chi connectivity index (χ1v) is 7.01. The van der Waals surface area contributed by atoms with Crippen molar-refractivity contribution in [2.45, 2.75) is 38.1 Å². The van der Waals surface area contributed by atoms with E-state index in [1.54, 1.807) is 24.3 Å². The zero-order valence-corrected chi connectivity index (χ0v) is 12.7. The van der Waals surface area contributed by atoms with E-state index in [0.29, 0.717) is 17.7 Å². The first-order chi connectivity index (χ1) is 9.56. The zero-order valence-electron chi connectivity index (χ0n) is 11.9. The van der Waals surface area contributed by atoms with Crippen LogP contribution < -0.4 is 16.8 Å². The SMILES string of the molecule is Cl.NC(=O)c1ccc(NC(=O)CC2CCCCC2N)cc1. The van der Waals surface area contributed by atoms with Gasteiger partial charge in [0.2, 0.25) is 11.8 Å². The van der Waals surface area contributed by atoms with Crippen LogP contribution >= 0.6 is 12.4 Å². The Balaban J connectivity index is 0.00000220. The Kier molecular flexibility index (Phi) is 6.65. The van der Waals surface area contributed by atoms with Crippen LogP contribution in [0.1, 0.15) is 42.5 Å². The highest BCUT2D eigenvalue weighted by atomic mass is 35.5. The maximum Gasteiger partial charge on any atom is 0.248 e. The van der Waals surface area contributed by atoms with Crippen molar-refractivity contribution in [3.63, 3.8) is 0 Å². The van der Waals surface area contributed by atoms with Crippen molar-refractivity contribution >= 4 is 29.9 Å². The van der Waals surface area contributed by atoms with E-state index in [4.69, 9.17) is 11.5 Å². The molecular weight excluding hydrogens is 290 g/mol. The van der Waals surface area contributed by atoms with E-state index in [2.05, 4.69) is 5.32 Å². The molecule has 0 radical (unpaired) electrons. The lowest BCUT2D eigenvalue weighted by atomic mass is 9.83. The normalized spacial score (nSPS) is 21.2. The Labute approximate surface area is 130 Å². The average molecular weight is 312 g/mol. The second-order valence-electron chi connectivity index (χ2n) is 5.40. The van der Waals surface area contributed by atoms with Crippen molar-refractivity contribution < 1.29 is 9.59 Å². The van der Waals surface area contributed by atoms with E-state index in [0.717, 1.165) is 25.7 Å². The summed E-state index contributed by atoms with van der Waals surface area (Å²) < 4.78 is 0. The maximum atomic E-state index is 12.0. The van der Waals surface area contributed by atoms with Crippen molar-refractivity contribution in [1.29, 1.82) is 0 Å². The van der Waals surface area contributed by atoms with Gasteiger partial charge in [0.25, 0.3) is 0 Å². The summed E-state index contributed by atoms with van der Waals surface area (Å²) in [6.45, 7) is 0. The van der Waals surface area contributed by atoms with E-state index < -0.39 is 5.91 Å². The molecule has 2 unspecified atom stereocenters. The molecule has 0 spiro atoms. The van der Waals surface area contributed by atoms with Gasteiger partial charge in [-0.2, -0.15) is 0 Å². The van der Waals surface area contributed by atoms with Crippen LogP contribution in [0.3, 0.4) is 0 Å². The lowest BCUT2D eigenvalue weighted by Gasteiger charge is -2.27. The van der Waals surface area contributed by atoms with Crippen molar-refractivity contribution in [3.8, 4) is 0 Å². The molecule has 2 rings (SSSR count). The minimum absolute atomic E-state index is 0. The number of rotatable bonds is 4. The Morgan fingerprint density at radius 1 is 1.14 bits per heavy atom. The molecular formula is C15H22ClN3O2. The van der Waals surface area contributed by atoms with E-state index in [-0.39, 0.29) is 30.3 Å². The first kappa shape index (κ1) is 17.5. The van der Waals surface area contributed by atoms with Crippen molar-refractivity contribution in [2.75, 3.05) is 5.32 Å². The fourth-order valence-electron chi connectivity index (χ4n) is 2.66. The smallest absolute Gasteiger partial charge is 0.248 e. The summed E-state index contributed by atoms with van der Waals surface area (Å²) >= 11 is 0. The van der Waals surface area contributed by atoms with Gasteiger partial charge in [0.1, 0.15) is 0 Å². The molecule has 1 aliphatic carbocycles. The molecule has 5 nitrogen and oxygen atoms in total. The molecule has 2 amide bonds. The summed E-state index contributed by atoms with van der Waals surface area (Å²) in [5, 5.41) is 2.83. The van der Waals surface area contributed by atoms with Crippen molar-refractivity contribution in [3.05, 3.63) is 29.8 Å². The van der Waals surface area contributed by atoms with Crippen LogP contribution in [0, 0.1) is 5.92 Å². The number of amides is 2. The highest BCUT2D eigenvalue weighted by Crippen LogP contribution is 2.26. The lowest BCUT2D eigenvalue weighted by molar-refractivity contribution is -0.117. The zero-order chi connectivity index (χ0) is 14.5. The summed E-state index contributed by atoms with van der Waals surface area (Å²) in [5.74, 6) is -0.233. The molecule has 0 heterocycles. The van der Waals surface area contributed by atoms with Crippen LogP contribution in [0.4, 0.5) is 5.69 Å². The quantitative estimate of drug-likeness (QED) is 0.793. The molecule has 0 aromatic heterocycles. The number of halogens is 1. The second-order valence-corrected chi connectivity index (χ2v) is 5.40. The molecule has 1 aromatic rings. The third-order valence-electron chi connectivity index (χ3n) is 3.87. The van der Waals surface area contributed by atoms with Gasteiger partial charge in [0.05, 0.1) is 0 Å². The van der Waals surface area contributed by atoms with Gasteiger partial charge >= 0.3 is 0 Å². The third-order valence-corrected chi connectivity index (χ3v) is 3.87. The largest absolute Gasteiger partial charge is 0.366 e. The van der Waals surface area contributed by atoms with Gasteiger partial charge < -0.3 is 16.8 Å². The van der Waals surface area contributed by atoms with Crippen LogP contribution in [0.15, 0.2) is 24.3 Å². The standard InChI is InChI=1S/C15H21N3O2.ClH/c16-13-4-2-1-3-11(13)9-14(19)18-12-7-5-10(6-8-12)15(17)20;/h5-8,11,13H,1-4,9,16H2,(H2,17,20)(H,18,19);1H. The molecule has 116 valence electrons. The van der Waals surface area contributed by atoms with Crippen LogP contribution in [-0.4, -0.2) is 17.9 Å². The van der Waals surface area contributed by atoms with Crippen LogP contribution in [0.2, 0.25) is 0 Å². The molecule has 21 heavy (non-hydrogen) atoms. The predicted molar refractivity (Wildman–Crippen MR) is 85.4 cm³/mol. The van der Waals surface area contributed by atoms with Crippen LogP contribution in [-0.2, 0) is 4.79 Å². The fraction of sp³-hybridized carbons (Fsp3) is 0.467. The number of nitrogens with two attached hydrogens (primary N) is 2. The molecule has 0 aliphatic heterocycles. The van der Waals surface area contributed by atoms with Gasteiger partial charge in [0, 0.05) is 23.7 Å². The summed E-state index contributed by atoms with van der Waals surface area (Å²) in [7, 11) is 0. The Hall–Kier alpha value is -1.59. The monoisotopic (exact) mass is 311 g/mol. The van der Waals surface area contributed by atoms with E-state index >= 15 is 0 Å². The molecule has 1 saturated carbocycles. The molecule has 1 aliphatic rings. The number of anilines is 1. The number of carbonyl (C=O) groups is 2. The van der Waals surface area contributed by atoms with Crippen LogP contribution in [0.5, 0.6) is 0 Å². The highest BCUT2D eigenvalue weighted by Gasteiger charge is 2.24. The number of nitrogens with one attached hydrogen (secondary N) is 1. The number of hydrogen-bond acceptors (Lipinski definition) is 3. The van der Waals surface area contributed by atoms with Crippen molar-refractivity contribution in [2.24, 2.45) is 17.4 Å². The van der Waals surface area contributed by atoms with E-state index in [9.17, 15) is 9.59 Å². The number of carbonyl (C=O) groups excluding carboxylic acids is 2. The molecule has 5 N–H and O–H groups in total. The number of primary amides is 1. The van der Waals surface area contributed by atoms with Gasteiger partial charge in [-0.1, -0.05) is 12.8 Å². The lowest BCUT2D eigenvalue weighted by Crippen LogP contribution is -2.35. The maximum absolute atomic E-state index is 12.0. The first-order valence-electron chi connectivity index (χ1n) is 7.01. The van der Waals surface area contributed by atoms with Gasteiger partial charge in [-0.15, -0.1) is 12.4 Å². The van der Waals surface area contributed by atoms with Crippen molar-refractivity contribution in [1.82, 2.24) is 0 Å². The van der Waals surface area contributed by atoms with Gasteiger partial charge in [-0.05, 0) is 43.0 Å². The number of benzene rings is 1. The van der Waals surface area contributed by atoms with Gasteiger partial charge in [0.15, 0.2) is 0 Å². The van der Waals surface area contributed by atoms with E-state index in [1.165, 1.54) is 0 Å². The molecule has 0 bridgehead atoms. The molecule has 2 atom stereocenters. The Morgan fingerprint density at radius 2 is 1.76 bits per heavy atom. The molecule has 6 heteroatoms. The minimum Gasteiger partial charge on any atom is -0.366 e. The highest BCUT2D eigenvalue weighted by molar-refractivity contribution is 5.94. The summed E-state index contributed by atoms with van der Waals surface area (Å²) in [6.07, 6.45) is 4.80. The summed E-state index contributed by atoms with van der Waals surface area (Å²) in [4.78, 5) is 22.9. The number of hydrogen-bond donors (Lipinski definition) is 3. The summed E-state index contributed by atoms with van der Waals surface area (Å²) in [6, 6.07) is 6.69.